The average molecular weight is 304 g/mol. The van der Waals surface area contributed by atoms with Crippen LogP contribution in [0.3, 0.4) is 0 Å². The van der Waals surface area contributed by atoms with Crippen LogP contribution in [0.2, 0.25) is 0 Å². The molecule has 0 aliphatic carbocycles. The van der Waals surface area contributed by atoms with Gasteiger partial charge in [-0.1, -0.05) is 0 Å². The summed E-state index contributed by atoms with van der Waals surface area (Å²) in [5.41, 5.74) is -0.352. The van der Waals surface area contributed by atoms with Crippen molar-refractivity contribution < 1.29 is 18.0 Å². The maximum atomic E-state index is 12.4. The summed E-state index contributed by atoms with van der Waals surface area (Å²) in [6, 6.07) is 4.20. The fourth-order valence-corrected chi connectivity index (χ4v) is 2.72. The summed E-state index contributed by atoms with van der Waals surface area (Å²) in [4.78, 5) is 13.6. The number of urea groups is 1. The van der Waals surface area contributed by atoms with Crippen molar-refractivity contribution in [3.8, 4) is 0 Å². The molecule has 0 bridgehead atoms. The first kappa shape index (κ1) is 15.0. The summed E-state index contributed by atoms with van der Waals surface area (Å²) in [5, 5.41) is 3.06. The number of likely N-dealkylation sites (tertiary alicyclic amines) is 1. The van der Waals surface area contributed by atoms with Crippen molar-refractivity contribution in [3.05, 3.63) is 29.8 Å². The van der Waals surface area contributed by atoms with Gasteiger partial charge in [-0.2, -0.15) is 24.9 Å². The zero-order chi connectivity index (χ0) is 14.8. The number of halogens is 3. The summed E-state index contributed by atoms with van der Waals surface area (Å²) in [6.07, 6.45) is -1.41. The van der Waals surface area contributed by atoms with Crippen molar-refractivity contribution >= 4 is 23.5 Å². The van der Waals surface area contributed by atoms with Gasteiger partial charge in [0, 0.05) is 24.0 Å². The topological polar surface area (TPSA) is 32.3 Å². The van der Waals surface area contributed by atoms with E-state index >= 15 is 0 Å². The minimum atomic E-state index is -4.36. The Morgan fingerprint density at radius 1 is 1.35 bits per heavy atom. The smallest absolute Gasteiger partial charge is 0.323 e. The molecule has 3 nitrogen and oxygen atoms in total. The maximum absolute atomic E-state index is 12.4. The summed E-state index contributed by atoms with van der Waals surface area (Å²) in [6.45, 7) is 1.35. The van der Waals surface area contributed by atoms with Crippen LogP contribution in [0.15, 0.2) is 24.3 Å². The molecule has 1 N–H and O–H groups in total. The van der Waals surface area contributed by atoms with Crippen molar-refractivity contribution in [1.29, 1.82) is 0 Å². The van der Waals surface area contributed by atoms with Gasteiger partial charge in [0.25, 0.3) is 0 Å². The van der Waals surface area contributed by atoms with Crippen LogP contribution in [0.4, 0.5) is 23.7 Å². The van der Waals surface area contributed by atoms with Crippen LogP contribution in [0.1, 0.15) is 12.0 Å². The Kier molecular flexibility index (Phi) is 4.47. The predicted octanol–water partition coefficient (Wildman–Crippen LogP) is 3.67. The molecule has 1 fully saturated rings. The number of hydrogen-bond donors (Lipinski definition) is 1. The number of alkyl halides is 3. The standard InChI is InChI=1S/C13H15F3N2OS/c1-20-11-6-7-18(8-11)12(19)17-10-4-2-9(3-5-10)13(14,15)16/h2-5,11H,6-8H2,1H3,(H,17,19). The molecular formula is C13H15F3N2OS. The van der Waals surface area contributed by atoms with Crippen LogP contribution in [-0.4, -0.2) is 35.5 Å². The Labute approximate surface area is 119 Å². The number of carbonyl (C=O) groups excluding carboxylic acids is 1. The largest absolute Gasteiger partial charge is 0.416 e. The fourth-order valence-electron chi connectivity index (χ4n) is 2.05. The lowest BCUT2D eigenvalue weighted by molar-refractivity contribution is -0.137. The molecule has 1 aromatic carbocycles. The molecule has 1 unspecified atom stereocenters. The average Bonchev–Trinajstić information content (AvgIpc) is 2.87. The highest BCUT2D eigenvalue weighted by Gasteiger charge is 2.30. The second kappa shape index (κ2) is 5.95. The van der Waals surface area contributed by atoms with Crippen LogP contribution >= 0.6 is 11.8 Å². The van der Waals surface area contributed by atoms with E-state index in [1.807, 2.05) is 6.26 Å². The highest BCUT2D eigenvalue weighted by atomic mass is 32.2. The van der Waals surface area contributed by atoms with E-state index < -0.39 is 11.7 Å². The molecule has 0 aromatic heterocycles. The third-order valence-electron chi connectivity index (χ3n) is 3.23. The number of hydrogen-bond acceptors (Lipinski definition) is 2. The van der Waals surface area contributed by atoms with Crippen LogP contribution in [0.25, 0.3) is 0 Å². The van der Waals surface area contributed by atoms with E-state index in [4.69, 9.17) is 0 Å². The van der Waals surface area contributed by atoms with E-state index in [0.717, 1.165) is 18.6 Å². The fraction of sp³-hybridized carbons (Fsp3) is 0.462. The molecule has 2 amide bonds. The van der Waals surface area contributed by atoms with Gasteiger partial charge in [-0.15, -0.1) is 0 Å². The van der Waals surface area contributed by atoms with Gasteiger partial charge in [0.1, 0.15) is 0 Å². The molecule has 7 heteroatoms. The van der Waals surface area contributed by atoms with Gasteiger partial charge >= 0.3 is 12.2 Å². The van der Waals surface area contributed by atoms with E-state index in [2.05, 4.69) is 5.32 Å². The molecule has 1 heterocycles. The van der Waals surface area contributed by atoms with Crippen LogP contribution in [0, 0.1) is 0 Å². The molecular weight excluding hydrogens is 289 g/mol. The number of nitrogens with zero attached hydrogens (tertiary/aromatic N) is 1. The van der Waals surface area contributed by atoms with Gasteiger partial charge < -0.3 is 10.2 Å². The lowest BCUT2D eigenvalue weighted by atomic mass is 10.2. The molecule has 1 aliphatic rings. The third kappa shape index (κ3) is 3.59. The third-order valence-corrected chi connectivity index (χ3v) is 4.28. The quantitative estimate of drug-likeness (QED) is 0.904. The maximum Gasteiger partial charge on any atom is 0.416 e. The van der Waals surface area contributed by atoms with Crippen LogP contribution < -0.4 is 5.32 Å². The molecule has 1 aromatic rings. The normalized spacial score (nSPS) is 19.2. The van der Waals surface area contributed by atoms with Crippen molar-refractivity contribution in [2.24, 2.45) is 0 Å². The SMILES string of the molecule is CSC1CCN(C(=O)Nc2ccc(C(F)(F)F)cc2)C1. The predicted molar refractivity (Wildman–Crippen MR) is 74.0 cm³/mol. The van der Waals surface area contributed by atoms with E-state index in [9.17, 15) is 18.0 Å². The first-order chi connectivity index (χ1) is 9.40. The van der Waals surface area contributed by atoms with Gasteiger partial charge in [-0.25, -0.2) is 4.79 Å². The molecule has 0 saturated carbocycles. The minimum absolute atomic E-state index is 0.263. The number of carbonyl (C=O) groups is 1. The van der Waals surface area contributed by atoms with Crippen molar-refractivity contribution in [2.75, 3.05) is 24.7 Å². The highest BCUT2D eigenvalue weighted by Crippen LogP contribution is 2.30. The molecule has 1 saturated heterocycles. The molecule has 110 valence electrons. The second-order valence-corrected chi connectivity index (χ2v) is 5.74. The van der Waals surface area contributed by atoms with Gasteiger partial charge in [-0.05, 0) is 36.9 Å². The summed E-state index contributed by atoms with van der Waals surface area (Å²) in [7, 11) is 0. The van der Waals surface area contributed by atoms with Gasteiger partial charge in [0.2, 0.25) is 0 Å². The van der Waals surface area contributed by atoms with Crippen molar-refractivity contribution in [3.63, 3.8) is 0 Å². The van der Waals surface area contributed by atoms with E-state index in [0.29, 0.717) is 24.0 Å². The molecule has 2 rings (SSSR count). The Morgan fingerprint density at radius 3 is 2.50 bits per heavy atom. The van der Waals surface area contributed by atoms with E-state index in [1.54, 1.807) is 16.7 Å². The Balaban J connectivity index is 1.95. The number of benzene rings is 1. The summed E-state index contributed by atoms with van der Waals surface area (Å²) >= 11 is 1.72. The number of nitrogens with one attached hydrogen (secondary N) is 1. The molecule has 1 aliphatic heterocycles. The Bertz CT molecular complexity index is 475. The van der Waals surface area contributed by atoms with Crippen molar-refractivity contribution in [1.82, 2.24) is 4.90 Å². The molecule has 0 radical (unpaired) electrons. The summed E-state index contributed by atoms with van der Waals surface area (Å²) in [5.74, 6) is 0. The molecule has 1 atom stereocenters. The lowest BCUT2D eigenvalue weighted by Gasteiger charge is -2.17. The van der Waals surface area contributed by atoms with Gasteiger partial charge in [-0.3, -0.25) is 0 Å². The number of anilines is 1. The second-order valence-electron chi connectivity index (χ2n) is 4.60. The minimum Gasteiger partial charge on any atom is -0.323 e. The molecule has 0 spiro atoms. The Hall–Kier alpha value is -1.37. The number of amides is 2. The van der Waals surface area contributed by atoms with Crippen LogP contribution in [0.5, 0.6) is 0 Å². The van der Waals surface area contributed by atoms with Crippen LogP contribution in [-0.2, 0) is 6.18 Å². The molecule has 20 heavy (non-hydrogen) atoms. The monoisotopic (exact) mass is 304 g/mol. The zero-order valence-corrected chi connectivity index (χ0v) is 11.7. The first-order valence-corrected chi connectivity index (χ1v) is 7.45. The number of rotatable bonds is 2. The van der Waals surface area contributed by atoms with Crippen molar-refractivity contribution in [2.45, 2.75) is 17.8 Å². The van der Waals surface area contributed by atoms with Gasteiger partial charge in [0.05, 0.1) is 5.56 Å². The van der Waals surface area contributed by atoms with E-state index in [1.165, 1.54) is 12.1 Å². The first-order valence-electron chi connectivity index (χ1n) is 6.16. The Morgan fingerprint density at radius 2 is 2.00 bits per heavy atom. The summed E-state index contributed by atoms with van der Waals surface area (Å²) < 4.78 is 37.2. The zero-order valence-electron chi connectivity index (χ0n) is 10.9. The van der Waals surface area contributed by atoms with Gasteiger partial charge in [0.15, 0.2) is 0 Å². The lowest BCUT2D eigenvalue weighted by Crippen LogP contribution is -2.33. The van der Waals surface area contributed by atoms with E-state index in [-0.39, 0.29) is 6.03 Å². The number of thioether (sulfide) groups is 1. The highest BCUT2D eigenvalue weighted by molar-refractivity contribution is 7.99.